The molecule has 0 bridgehead atoms. The topological polar surface area (TPSA) is 134 Å². The molecule has 0 unspecified atom stereocenters. The normalized spacial score (nSPS) is 13.7. The molecule has 3 aromatic rings. The molecule has 1 aliphatic rings. The van der Waals surface area contributed by atoms with Crippen LogP contribution in [0.2, 0.25) is 5.02 Å². The van der Waals surface area contributed by atoms with Crippen LogP contribution in [0.5, 0.6) is 0 Å². The predicted octanol–water partition coefficient (Wildman–Crippen LogP) is 3.44. The molecule has 0 atom stereocenters. The van der Waals surface area contributed by atoms with Crippen LogP contribution in [0.15, 0.2) is 53.5 Å². The second kappa shape index (κ2) is 11.1. The van der Waals surface area contributed by atoms with Crippen LogP contribution in [0.4, 0.5) is 31.9 Å². The Hall–Kier alpha value is -4.03. The maximum absolute atomic E-state index is 13.3. The highest BCUT2D eigenvalue weighted by molar-refractivity contribution is 6.33. The van der Waals surface area contributed by atoms with Gasteiger partial charge in [0, 0.05) is 25.3 Å². The van der Waals surface area contributed by atoms with Crippen molar-refractivity contribution >= 4 is 40.4 Å². The standard InChI is InChI=1S/C23H23ClFN7O4/c24-21-20(30-10-1-8-26-9-11-30)13-27-31(22(21)33)14-15-2-5-17(6-3-15)28-23(34)29-18-7-4-16(25)12-19(18)32(35)36/h2-7,12-13,26H,1,8-11,14H2,(H2,28,29,34). The molecule has 13 heteroatoms. The molecule has 0 aliphatic carbocycles. The maximum Gasteiger partial charge on any atom is 0.323 e. The van der Waals surface area contributed by atoms with E-state index in [-0.39, 0.29) is 17.3 Å². The van der Waals surface area contributed by atoms with Crippen molar-refractivity contribution in [2.75, 3.05) is 41.7 Å². The van der Waals surface area contributed by atoms with Crippen LogP contribution in [-0.2, 0) is 6.54 Å². The quantitative estimate of drug-likeness (QED) is 0.338. The third-order valence-electron chi connectivity index (χ3n) is 5.60. The fourth-order valence-electron chi connectivity index (χ4n) is 3.79. The number of nitrogens with zero attached hydrogens (tertiary/aromatic N) is 4. The third-order valence-corrected chi connectivity index (χ3v) is 5.95. The molecule has 2 amide bonds. The van der Waals surface area contributed by atoms with Crippen molar-refractivity contribution in [3.8, 4) is 0 Å². The number of benzene rings is 2. The van der Waals surface area contributed by atoms with E-state index in [1.54, 1.807) is 30.5 Å². The fourth-order valence-corrected chi connectivity index (χ4v) is 4.05. The number of halogens is 2. The Balaban J connectivity index is 1.41. The highest BCUT2D eigenvalue weighted by atomic mass is 35.5. The second-order valence-corrected chi connectivity index (χ2v) is 8.47. The number of nitro groups is 1. The van der Waals surface area contributed by atoms with Gasteiger partial charge in [0.1, 0.15) is 16.5 Å². The zero-order valence-electron chi connectivity index (χ0n) is 19.0. The summed E-state index contributed by atoms with van der Waals surface area (Å²) in [5, 5.41) is 23.7. The number of urea groups is 1. The lowest BCUT2D eigenvalue weighted by Gasteiger charge is -2.23. The van der Waals surface area contributed by atoms with Crippen molar-refractivity contribution in [2.45, 2.75) is 13.0 Å². The van der Waals surface area contributed by atoms with E-state index in [1.165, 1.54) is 4.68 Å². The summed E-state index contributed by atoms with van der Waals surface area (Å²) >= 11 is 6.39. The predicted molar refractivity (Wildman–Crippen MR) is 134 cm³/mol. The molecule has 2 heterocycles. The van der Waals surface area contributed by atoms with E-state index in [2.05, 4.69) is 21.0 Å². The lowest BCUT2D eigenvalue weighted by atomic mass is 10.2. The van der Waals surface area contributed by atoms with Crippen molar-refractivity contribution in [2.24, 2.45) is 0 Å². The van der Waals surface area contributed by atoms with Crippen LogP contribution in [0.3, 0.4) is 0 Å². The minimum Gasteiger partial charge on any atom is -0.368 e. The van der Waals surface area contributed by atoms with Crippen LogP contribution < -0.4 is 26.4 Å². The summed E-state index contributed by atoms with van der Waals surface area (Å²) in [6.45, 7) is 3.42. The summed E-state index contributed by atoms with van der Waals surface area (Å²) in [5.41, 5.74) is 0.674. The van der Waals surface area contributed by atoms with Crippen LogP contribution in [-0.4, -0.2) is 46.9 Å². The van der Waals surface area contributed by atoms with E-state index in [9.17, 15) is 24.1 Å². The molecular formula is C23H23ClFN7O4. The smallest absolute Gasteiger partial charge is 0.323 e. The minimum absolute atomic E-state index is 0.122. The Morgan fingerprint density at radius 1 is 1.17 bits per heavy atom. The molecule has 188 valence electrons. The first kappa shape index (κ1) is 25.1. The number of nitrogens with one attached hydrogen (secondary N) is 3. The Kier molecular flexibility index (Phi) is 7.76. The van der Waals surface area contributed by atoms with Gasteiger partial charge in [-0.2, -0.15) is 5.10 Å². The number of carbonyl (C=O) groups excluding carboxylic acids is 1. The molecule has 1 saturated heterocycles. The summed E-state index contributed by atoms with van der Waals surface area (Å²) in [6.07, 6.45) is 2.54. The number of hydrogen-bond donors (Lipinski definition) is 3. The highest BCUT2D eigenvalue weighted by Crippen LogP contribution is 2.25. The van der Waals surface area contributed by atoms with Gasteiger partial charge < -0.3 is 20.9 Å². The van der Waals surface area contributed by atoms with Crippen molar-refractivity contribution in [3.05, 3.63) is 85.5 Å². The Labute approximate surface area is 210 Å². The molecule has 11 nitrogen and oxygen atoms in total. The summed E-state index contributed by atoms with van der Waals surface area (Å²) in [4.78, 5) is 37.4. The average Bonchev–Trinajstić information content (AvgIpc) is 3.14. The Morgan fingerprint density at radius 2 is 1.94 bits per heavy atom. The lowest BCUT2D eigenvalue weighted by molar-refractivity contribution is -0.384. The van der Waals surface area contributed by atoms with Crippen LogP contribution >= 0.6 is 11.6 Å². The molecule has 0 saturated carbocycles. The number of amides is 2. The average molecular weight is 516 g/mol. The van der Waals surface area contributed by atoms with Gasteiger partial charge in [0.15, 0.2) is 0 Å². The highest BCUT2D eigenvalue weighted by Gasteiger charge is 2.18. The number of hydrogen-bond acceptors (Lipinski definition) is 7. The van der Waals surface area contributed by atoms with Gasteiger partial charge in [-0.1, -0.05) is 23.7 Å². The molecule has 2 aromatic carbocycles. The summed E-state index contributed by atoms with van der Waals surface area (Å²) in [7, 11) is 0. The van der Waals surface area contributed by atoms with E-state index in [0.717, 1.165) is 56.4 Å². The van der Waals surface area contributed by atoms with Gasteiger partial charge in [0.25, 0.3) is 11.2 Å². The number of aromatic nitrogens is 2. The van der Waals surface area contributed by atoms with E-state index >= 15 is 0 Å². The second-order valence-electron chi connectivity index (χ2n) is 8.09. The maximum atomic E-state index is 13.3. The zero-order valence-corrected chi connectivity index (χ0v) is 19.8. The Bertz CT molecular complexity index is 1330. The van der Waals surface area contributed by atoms with Gasteiger partial charge in [0.2, 0.25) is 0 Å². The molecule has 1 aliphatic heterocycles. The SMILES string of the molecule is O=C(Nc1ccc(Cn2ncc(N3CCCNCC3)c(Cl)c2=O)cc1)Nc1ccc(F)cc1[N+](=O)[O-]. The van der Waals surface area contributed by atoms with Gasteiger partial charge in [-0.25, -0.2) is 13.9 Å². The van der Waals surface area contributed by atoms with Gasteiger partial charge in [-0.3, -0.25) is 14.9 Å². The fraction of sp³-hybridized carbons (Fsp3) is 0.261. The Morgan fingerprint density at radius 3 is 2.69 bits per heavy atom. The van der Waals surface area contributed by atoms with Gasteiger partial charge in [-0.05, 0) is 42.8 Å². The van der Waals surface area contributed by atoms with Crippen molar-refractivity contribution < 1.29 is 14.1 Å². The number of anilines is 3. The van der Waals surface area contributed by atoms with E-state index in [0.29, 0.717) is 11.4 Å². The number of rotatable bonds is 6. The first-order valence-electron chi connectivity index (χ1n) is 11.1. The number of carbonyl (C=O) groups is 1. The van der Waals surface area contributed by atoms with Gasteiger partial charge >= 0.3 is 6.03 Å². The van der Waals surface area contributed by atoms with Crippen molar-refractivity contribution in [3.63, 3.8) is 0 Å². The molecule has 0 spiro atoms. The molecule has 3 N–H and O–H groups in total. The monoisotopic (exact) mass is 515 g/mol. The van der Waals surface area contributed by atoms with E-state index < -0.39 is 28.0 Å². The summed E-state index contributed by atoms with van der Waals surface area (Å²) in [5.74, 6) is -0.785. The molecule has 0 radical (unpaired) electrons. The summed E-state index contributed by atoms with van der Waals surface area (Å²) < 4.78 is 14.6. The van der Waals surface area contributed by atoms with Gasteiger partial charge in [-0.15, -0.1) is 0 Å². The molecule has 36 heavy (non-hydrogen) atoms. The zero-order chi connectivity index (χ0) is 25.7. The van der Waals surface area contributed by atoms with Crippen molar-refractivity contribution in [1.82, 2.24) is 15.1 Å². The summed E-state index contributed by atoms with van der Waals surface area (Å²) in [6, 6.07) is 8.74. The van der Waals surface area contributed by atoms with Crippen molar-refractivity contribution in [1.29, 1.82) is 0 Å². The molecule has 4 rings (SSSR count). The first-order chi connectivity index (χ1) is 17.3. The number of nitro benzene ring substituents is 1. The molecule has 1 aromatic heterocycles. The third kappa shape index (κ3) is 5.96. The van der Waals surface area contributed by atoms with Crippen LogP contribution in [0, 0.1) is 15.9 Å². The largest absolute Gasteiger partial charge is 0.368 e. The van der Waals surface area contributed by atoms with Gasteiger partial charge in [0.05, 0.1) is 29.4 Å². The molecule has 1 fully saturated rings. The lowest BCUT2D eigenvalue weighted by Crippen LogP contribution is -2.32. The van der Waals surface area contributed by atoms with Crippen LogP contribution in [0.1, 0.15) is 12.0 Å². The molecular weight excluding hydrogens is 493 g/mol. The van der Waals surface area contributed by atoms with Crippen LogP contribution in [0.25, 0.3) is 0 Å². The van der Waals surface area contributed by atoms with E-state index in [1.807, 2.05) is 4.90 Å². The minimum atomic E-state index is -0.785. The first-order valence-corrected chi connectivity index (χ1v) is 11.5. The van der Waals surface area contributed by atoms with E-state index in [4.69, 9.17) is 11.6 Å².